The molecule has 0 unspecified atom stereocenters. The predicted octanol–water partition coefficient (Wildman–Crippen LogP) is 2.97. The van der Waals surface area contributed by atoms with Gasteiger partial charge in [0.2, 0.25) is 0 Å². The lowest BCUT2D eigenvalue weighted by atomic mass is 9.95. The van der Waals surface area contributed by atoms with Gasteiger partial charge in [-0.25, -0.2) is 13.2 Å². The smallest absolute Gasteiger partial charge is 0.346 e. The van der Waals surface area contributed by atoms with Crippen molar-refractivity contribution >= 4 is 27.4 Å². The zero-order valence-electron chi connectivity index (χ0n) is 17.7. The molecule has 32 heavy (non-hydrogen) atoms. The molecule has 170 valence electrons. The monoisotopic (exact) mass is 476 g/mol. The lowest BCUT2D eigenvalue weighted by Crippen LogP contribution is -2.55. The Morgan fingerprint density at radius 2 is 1.75 bits per heavy atom. The molecule has 0 radical (unpaired) electrons. The molecule has 2 aromatic carbocycles. The Bertz CT molecular complexity index is 1100. The van der Waals surface area contributed by atoms with E-state index in [2.05, 4.69) is 21.6 Å². The van der Waals surface area contributed by atoms with Gasteiger partial charge in [0.1, 0.15) is 12.4 Å². The van der Waals surface area contributed by atoms with Crippen LogP contribution in [0.15, 0.2) is 53.4 Å². The number of halogens is 1. The summed E-state index contributed by atoms with van der Waals surface area (Å²) >= 11 is 5.94. The normalized spacial score (nSPS) is 16.0. The second kappa shape index (κ2) is 10.4. The molecule has 2 aromatic rings. The summed E-state index contributed by atoms with van der Waals surface area (Å²) in [6, 6.07) is 13.4. The molecule has 0 aliphatic carbocycles. The van der Waals surface area contributed by atoms with Crippen LogP contribution in [0.2, 0.25) is 5.02 Å². The van der Waals surface area contributed by atoms with E-state index >= 15 is 0 Å². The van der Waals surface area contributed by atoms with Crippen LogP contribution in [-0.4, -0.2) is 43.7 Å². The third-order valence-corrected chi connectivity index (χ3v) is 8.35. The highest BCUT2D eigenvalue weighted by Gasteiger charge is 2.54. The maximum absolute atomic E-state index is 13.5. The molecule has 0 aromatic heterocycles. The zero-order valence-corrected chi connectivity index (χ0v) is 19.3. The number of carbonyl (C=O) groups excluding carboxylic acids is 1. The van der Waals surface area contributed by atoms with E-state index in [1.165, 1.54) is 12.1 Å². The maximum Gasteiger partial charge on any atom is 0.346 e. The largest absolute Gasteiger partial charge is 0.481 e. The molecule has 1 aliphatic heterocycles. The first-order valence-electron chi connectivity index (χ1n) is 10.1. The van der Waals surface area contributed by atoms with Crippen molar-refractivity contribution in [3.8, 4) is 17.6 Å². The van der Waals surface area contributed by atoms with Crippen LogP contribution in [-0.2, 0) is 26.0 Å². The van der Waals surface area contributed by atoms with Gasteiger partial charge in [0, 0.05) is 24.7 Å². The molecule has 1 aliphatic rings. The average Bonchev–Trinajstić information content (AvgIpc) is 2.81. The molecule has 7 nitrogen and oxygen atoms in total. The van der Waals surface area contributed by atoms with E-state index < -0.39 is 20.6 Å². The SMILES string of the molecule is CC#CCOc1ccc(S(=O)(=O)C2(C(=O)ON)CCN(Cc3ccc(Cl)cc3)CC2)cc1. The van der Waals surface area contributed by atoms with E-state index in [-0.39, 0.29) is 24.3 Å². The van der Waals surface area contributed by atoms with Gasteiger partial charge in [0.15, 0.2) is 14.6 Å². The minimum atomic E-state index is -4.06. The van der Waals surface area contributed by atoms with Gasteiger partial charge >= 0.3 is 5.97 Å². The van der Waals surface area contributed by atoms with Crippen LogP contribution in [0.4, 0.5) is 0 Å². The average molecular weight is 477 g/mol. The van der Waals surface area contributed by atoms with E-state index in [9.17, 15) is 13.2 Å². The Kier molecular flexibility index (Phi) is 7.80. The topological polar surface area (TPSA) is 98.9 Å². The molecule has 1 heterocycles. The van der Waals surface area contributed by atoms with Gasteiger partial charge < -0.3 is 9.57 Å². The Balaban J connectivity index is 1.78. The highest BCUT2D eigenvalue weighted by atomic mass is 35.5. The van der Waals surface area contributed by atoms with Crippen LogP contribution in [0, 0.1) is 11.8 Å². The highest BCUT2D eigenvalue weighted by molar-refractivity contribution is 7.93. The van der Waals surface area contributed by atoms with Crippen LogP contribution in [0.1, 0.15) is 25.3 Å². The van der Waals surface area contributed by atoms with Gasteiger partial charge in [-0.2, -0.15) is 5.90 Å². The molecule has 9 heteroatoms. The first-order chi connectivity index (χ1) is 15.3. The molecule has 1 saturated heterocycles. The predicted molar refractivity (Wildman–Crippen MR) is 122 cm³/mol. The summed E-state index contributed by atoms with van der Waals surface area (Å²) < 4.78 is 30.8. The number of sulfone groups is 1. The first-order valence-corrected chi connectivity index (χ1v) is 11.9. The molecule has 0 spiro atoms. The first kappa shape index (κ1) is 24.1. The minimum Gasteiger partial charge on any atom is -0.481 e. The van der Waals surface area contributed by atoms with Gasteiger partial charge in [-0.3, -0.25) is 4.90 Å². The van der Waals surface area contributed by atoms with Crippen molar-refractivity contribution in [2.75, 3.05) is 19.7 Å². The number of hydrogen-bond acceptors (Lipinski definition) is 7. The Labute approximate surface area is 193 Å². The van der Waals surface area contributed by atoms with E-state index in [0.717, 1.165) is 5.56 Å². The van der Waals surface area contributed by atoms with E-state index in [4.69, 9.17) is 22.2 Å². The number of piperidine rings is 1. The zero-order chi connectivity index (χ0) is 23.2. The fourth-order valence-electron chi connectivity index (χ4n) is 3.74. The van der Waals surface area contributed by atoms with Gasteiger partial charge in [-0.1, -0.05) is 29.7 Å². The fourth-order valence-corrected chi connectivity index (χ4v) is 5.80. The fraction of sp³-hybridized carbons (Fsp3) is 0.348. The van der Waals surface area contributed by atoms with Crippen LogP contribution >= 0.6 is 11.6 Å². The Morgan fingerprint density at radius 3 is 2.31 bits per heavy atom. The van der Waals surface area contributed by atoms with E-state index in [1.807, 2.05) is 24.3 Å². The molecule has 0 atom stereocenters. The number of likely N-dealkylation sites (tertiary alicyclic amines) is 1. The summed E-state index contributed by atoms with van der Waals surface area (Å²) in [7, 11) is -4.06. The number of nitrogens with zero attached hydrogens (tertiary/aromatic N) is 1. The van der Waals surface area contributed by atoms with Gasteiger partial charge in [0.05, 0.1) is 4.90 Å². The summed E-state index contributed by atoms with van der Waals surface area (Å²) in [4.78, 5) is 19.2. The molecule has 0 amide bonds. The van der Waals surface area contributed by atoms with Crippen LogP contribution in [0.25, 0.3) is 0 Å². The molecule has 1 fully saturated rings. The van der Waals surface area contributed by atoms with E-state index in [1.54, 1.807) is 19.1 Å². The summed E-state index contributed by atoms with van der Waals surface area (Å²) in [5.74, 6) is 10.2. The third kappa shape index (κ3) is 5.08. The van der Waals surface area contributed by atoms with Crippen LogP contribution in [0.5, 0.6) is 5.75 Å². The summed E-state index contributed by atoms with van der Waals surface area (Å²) in [5, 5.41) is 0.651. The Morgan fingerprint density at radius 1 is 1.12 bits per heavy atom. The van der Waals surface area contributed by atoms with Crippen LogP contribution < -0.4 is 10.6 Å². The second-order valence-electron chi connectivity index (χ2n) is 7.49. The summed E-state index contributed by atoms with van der Waals surface area (Å²) in [6.45, 7) is 3.32. The van der Waals surface area contributed by atoms with Gasteiger partial charge in [-0.15, -0.1) is 5.92 Å². The van der Waals surface area contributed by atoms with Gasteiger partial charge in [-0.05, 0) is 61.7 Å². The summed E-state index contributed by atoms with van der Waals surface area (Å²) in [6.07, 6.45) is 0.145. The lowest BCUT2D eigenvalue weighted by molar-refractivity contribution is -0.148. The van der Waals surface area contributed by atoms with Gasteiger partial charge in [0.25, 0.3) is 0 Å². The molecular formula is C23H25ClN2O5S. The summed E-state index contributed by atoms with van der Waals surface area (Å²) in [5.41, 5.74) is 1.05. The van der Waals surface area contributed by atoms with Crippen molar-refractivity contribution < 1.29 is 22.8 Å². The number of benzene rings is 2. The highest BCUT2D eigenvalue weighted by Crippen LogP contribution is 2.37. The van der Waals surface area contributed by atoms with Crippen molar-refractivity contribution in [2.45, 2.75) is 36.0 Å². The Hall–Kier alpha value is -2.57. The van der Waals surface area contributed by atoms with Crippen molar-refractivity contribution in [1.82, 2.24) is 4.90 Å². The van der Waals surface area contributed by atoms with Crippen molar-refractivity contribution in [3.63, 3.8) is 0 Å². The van der Waals surface area contributed by atoms with Crippen molar-refractivity contribution in [1.29, 1.82) is 0 Å². The van der Waals surface area contributed by atoms with E-state index in [0.29, 0.717) is 30.4 Å². The number of nitrogens with two attached hydrogens (primary N) is 1. The maximum atomic E-state index is 13.5. The number of ether oxygens (including phenoxy) is 1. The quantitative estimate of drug-likeness (QED) is 0.484. The molecule has 3 rings (SSSR count). The van der Waals surface area contributed by atoms with Crippen molar-refractivity contribution in [3.05, 3.63) is 59.1 Å². The second-order valence-corrected chi connectivity index (χ2v) is 10.2. The lowest BCUT2D eigenvalue weighted by Gasteiger charge is -2.38. The van der Waals surface area contributed by atoms with Crippen molar-refractivity contribution in [2.24, 2.45) is 5.90 Å². The number of rotatable bonds is 7. The minimum absolute atomic E-state index is 0.0166. The molecule has 0 bridgehead atoms. The molecule has 2 N–H and O–H groups in total. The van der Waals surface area contributed by atoms with Crippen LogP contribution in [0.3, 0.4) is 0 Å². The molecular weight excluding hydrogens is 452 g/mol. The molecule has 0 saturated carbocycles. The third-order valence-electron chi connectivity index (χ3n) is 5.60. The number of carbonyl (C=O) groups is 1. The standard InChI is InChI=1S/C23H25ClN2O5S/c1-2-3-16-30-20-8-10-21(11-9-20)32(28,29)23(22(27)31-25)12-14-26(15-13-23)17-18-4-6-19(24)7-5-18/h4-11H,12-17,25H2,1H3. The number of hydrogen-bond donors (Lipinski definition) is 1.